The van der Waals surface area contributed by atoms with Crippen molar-refractivity contribution in [1.82, 2.24) is 9.47 Å². The van der Waals surface area contributed by atoms with Crippen LogP contribution in [0.4, 0.5) is 5.69 Å². The number of nitrogens with zero attached hydrogens (tertiary/aromatic N) is 2. The van der Waals surface area contributed by atoms with Crippen molar-refractivity contribution in [3.05, 3.63) is 42.2 Å². The second-order valence-electron chi connectivity index (χ2n) is 7.51. The van der Waals surface area contributed by atoms with Gasteiger partial charge in [0.05, 0.1) is 6.04 Å². The predicted octanol–water partition coefficient (Wildman–Crippen LogP) is 4.36. The summed E-state index contributed by atoms with van der Waals surface area (Å²) in [6.07, 6.45) is 5.60. The Labute approximate surface area is 166 Å². The molecule has 1 N–H and O–H groups in total. The quantitative estimate of drug-likeness (QED) is 0.778. The second kappa shape index (κ2) is 7.80. The molecule has 1 aromatic carbocycles. The van der Waals surface area contributed by atoms with Gasteiger partial charge in [-0.2, -0.15) is 0 Å². The van der Waals surface area contributed by atoms with Gasteiger partial charge in [0.15, 0.2) is 16.6 Å². The number of ether oxygens (including phenoxy) is 2. The number of thiocarbonyl (C=S) groups is 1. The van der Waals surface area contributed by atoms with Gasteiger partial charge in [-0.1, -0.05) is 6.92 Å². The van der Waals surface area contributed by atoms with Gasteiger partial charge < -0.3 is 24.3 Å². The van der Waals surface area contributed by atoms with Crippen molar-refractivity contribution in [3.8, 4) is 11.5 Å². The van der Waals surface area contributed by atoms with Gasteiger partial charge in [-0.25, -0.2) is 0 Å². The van der Waals surface area contributed by atoms with Crippen molar-refractivity contribution < 1.29 is 9.47 Å². The molecule has 0 amide bonds. The summed E-state index contributed by atoms with van der Waals surface area (Å²) in [4.78, 5) is 2.35. The highest BCUT2D eigenvalue weighted by molar-refractivity contribution is 7.80. The Hall–Kier alpha value is -2.21. The molecular formula is C21H27N3O2S. The lowest BCUT2D eigenvalue weighted by Gasteiger charge is -2.33. The van der Waals surface area contributed by atoms with E-state index in [2.05, 4.69) is 47.1 Å². The first kappa shape index (κ1) is 18.2. The first-order chi connectivity index (χ1) is 13.1. The fourth-order valence-electron chi connectivity index (χ4n) is 3.95. The summed E-state index contributed by atoms with van der Waals surface area (Å²) in [6, 6.07) is 10.5. The molecule has 2 aliphatic heterocycles. The lowest BCUT2D eigenvalue weighted by molar-refractivity contribution is 0.171. The number of hydrogen-bond donors (Lipinski definition) is 1. The first-order valence-electron chi connectivity index (χ1n) is 9.70. The molecular weight excluding hydrogens is 358 g/mol. The summed E-state index contributed by atoms with van der Waals surface area (Å²) in [7, 11) is 2.11. The predicted molar refractivity (Wildman–Crippen MR) is 112 cm³/mol. The molecule has 144 valence electrons. The molecule has 6 heteroatoms. The van der Waals surface area contributed by atoms with Crippen LogP contribution in [0.15, 0.2) is 36.5 Å². The number of rotatable bonds is 2. The molecule has 0 bridgehead atoms. The van der Waals surface area contributed by atoms with Crippen molar-refractivity contribution in [1.29, 1.82) is 0 Å². The van der Waals surface area contributed by atoms with Gasteiger partial charge in [0.25, 0.3) is 0 Å². The summed E-state index contributed by atoms with van der Waals surface area (Å²) >= 11 is 5.84. The van der Waals surface area contributed by atoms with Gasteiger partial charge in [0, 0.05) is 37.2 Å². The number of hydrogen-bond acceptors (Lipinski definition) is 3. The van der Waals surface area contributed by atoms with Crippen LogP contribution < -0.4 is 14.8 Å². The van der Waals surface area contributed by atoms with Crippen LogP contribution in [0.3, 0.4) is 0 Å². The highest BCUT2D eigenvalue weighted by Gasteiger charge is 2.28. The average Bonchev–Trinajstić information content (AvgIpc) is 2.99. The molecule has 0 radical (unpaired) electrons. The molecule has 5 nitrogen and oxygen atoms in total. The minimum absolute atomic E-state index is 0.298. The monoisotopic (exact) mass is 385 g/mol. The molecule has 1 fully saturated rings. The van der Waals surface area contributed by atoms with Crippen molar-refractivity contribution in [2.24, 2.45) is 13.0 Å². The van der Waals surface area contributed by atoms with E-state index < -0.39 is 0 Å². The second-order valence-corrected chi connectivity index (χ2v) is 7.90. The Bertz CT molecular complexity index is 820. The summed E-state index contributed by atoms with van der Waals surface area (Å²) in [5, 5.41) is 4.20. The number of likely N-dealkylation sites (tertiary alicyclic amines) is 1. The van der Waals surface area contributed by atoms with Crippen LogP contribution in [0.5, 0.6) is 11.5 Å². The zero-order chi connectivity index (χ0) is 18.8. The number of nitrogens with one attached hydrogen (secondary N) is 1. The molecule has 2 atom stereocenters. The molecule has 2 unspecified atom stereocenters. The van der Waals surface area contributed by atoms with Gasteiger partial charge in [-0.3, -0.25) is 0 Å². The van der Waals surface area contributed by atoms with Crippen molar-refractivity contribution in [3.63, 3.8) is 0 Å². The summed E-state index contributed by atoms with van der Waals surface area (Å²) < 4.78 is 13.5. The molecule has 1 aromatic heterocycles. The maximum atomic E-state index is 5.84. The smallest absolute Gasteiger partial charge is 0.173 e. The molecule has 3 heterocycles. The largest absolute Gasteiger partial charge is 0.486 e. The summed E-state index contributed by atoms with van der Waals surface area (Å²) in [5.74, 6) is 2.29. The van der Waals surface area contributed by atoms with Gasteiger partial charge in [-0.05, 0) is 61.7 Å². The molecule has 1 saturated heterocycles. The highest BCUT2D eigenvalue weighted by atomic mass is 32.1. The Morgan fingerprint density at radius 2 is 1.93 bits per heavy atom. The molecule has 0 spiro atoms. The van der Waals surface area contributed by atoms with Gasteiger partial charge in [-0.15, -0.1) is 0 Å². The van der Waals surface area contributed by atoms with Gasteiger partial charge in [0.1, 0.15) is 13.2 Å². The third kappa shape index (κ3) is 3.90. The third-order valence-corrected chi connectivity index (χ3v) is 5.89. The highest BCUT2D eigenvalue weighted by Crippen LogP contribution is 2.35. The van der Waals surface area contributed by atoms with Gasteiger partial charge in [0.2, 0.25) is 0 Å². The Kier molecular flexibility index (Phi) is 5.25. The fraction of sp³-hybridized carbons (Fsp3) is 0.476. The molecule has 2 aromatic rings. The number of aryl methyl sites for hydroxylation is 1. The maximum Gasteiger partial charge on any atom is 0.173 e. The molecule has 2 aliphatic rings. The lowest BCUT2D eigenvalue weighted by atomic mass is 10.0. The van der Waals surface area contributed by atoms with E-state index in [1.54, 1.807) is 0 Å². The van der Waals surface area contributed by atoms with Crippen LogP contribution in [0.2, 0.25) is 0 Å². The van der Waals surface area contributed by atoms with E-state index >= 15 is 0 Å². The maximum absolute atomic E-state index is 5.84. The lowest BCUT2D eigenvalue weighted by Crippen LogP contribution is -2.38. The topological polar surface area (TPSA) is 38.7 Å². The Morgan fingerprint density at radius 1 is 1.11 bits per heavy atom. The Balaban J connectivity index is 1.55. The Morgan fingerprint density at radius 3 is 2.70 bits per heavy atom. The number of aromatic nitrogens is 1. The zero-order valence-electron chi connectivity index (χ0n) is 16.0. The van der Waals surface area contributed by atoms with Crippen molar-refractivity contribution in [2.45, 2.75) is 32.2 Å². The standard InChI is InChI=1S/C21H27N3O2S/c1-15-5-7-18(17-4-3-10-23(17)2)24(11-9-15)21(27)22-16-6-8-19-20(14-16)26-13-12-25-19/h3-4,6,8,10,14-15,18H,5,7,9,11-13H2,1-2H3,(H,22,27). The molecule has 27 heavy (non-hydrogen) atoms. The van der Waals surface area contributed by atoms with Crippen LogP contribution in [0.25, 0.3) is 0 Å². The van der Waals surface area contributed by atoms with Crippen LogP contribution in [-0.4, -0.2) is 34.3 Å². The third-order valence-electron chi connectivity index (χ3n) is 5.55. The summed E-state index contributed by atoms with van der Waals surface area (Å²) in [5.41, 5.74) is 2.25. The number of anilines is 1. The fourth-order valence-corrected chi connectivity index (χ4v) is 4.28. The first-order valence-corrected chi connectivity index (χ1v) is 10.1. The zero-order valence-corrected chi connectivity index (χ0v) is 16.8. The number of fused-ring (bicyclic) bond motifs is 1. The van der Waals surface area contributed by atoms with Crippen LogP contribution >= 0.6 is 12.2 Å². The SMILES string of the molecule is CC1CCC(c2cccn2C)N(C(=S)Nc2ccc3c(c2)OCCO3)CC1. The minimum atomic E-state index is 0.298. The van der Waals surface area contributed by atoms with E-state index in [1.165, 1.54) is 12.1 Å². The molecule has 4 rings (SSSR count). The van der Waals surface area contributed by atoms with E-state index in [9.17, 15) is 0 Å². The average molecular weight is 386 g/mol. The van der Waals surface area contributed by atoms with E-state index in [-0.39, 0.29) is 0 Å². The van der Waals surface area contributed by atoms with Crippen LogP contribution in [0.1, 0.15) is 37.9 Å². The minimum Gasteiger partial charge on any atom is -0.486 e. The van der Waals surface area contributed by atoms with Crippen molar-refractivity contribution in [2.75, 3.05) is 25.1 Å². The van der Waals surface area contributed by atoms with E-state index in [0.717, 1.165) is 47.6 Å². The molecule has 0 saturated carbocycles. The molecule has 0 aliphatic carbocycles. The van der Waals surface area contributed by atoms with Crippen LogP contribution in [-0.2, 0) is 7.05 Å². The summed E-state index contributed by atoms with van der Waals surface area (Å²) in [6.45, 7) is 4.49. The number of benzene rings is 1. The van der Waals surface area contributed by atoms with E-state index in [0.29, 0.717) is 19.3 Å². The van der Waals surface area contributed by atoms with Crippen molar-refractivity contribution >= 4 is 23.0 Å². The van der Waals surface area contributed by atoms with Gasteiger partial charge >= 0.3 is 0 Å². The normalized spacial score (nSPS) is 22.2. The van der Waals surface area contributed by atoms with E-state index in [1.807, 2.05) is 18.2 Å². The van der Waals surface area contributed by atoms with Crippen LogP contribution in [0, 0.1) is 5.92 Å². The van der Waals surface area contributed by atoms with E-state index in [4.69, 9.17) is 21.7 Å².